The lowest BCUT2D eigenvalue weighted by atomic mass is 10.1. The number of nitriles is 1. The zero-order chi connectivity index (χ0) is 19.7. The van der Waals surface area contributed by atoms with Crippen LogP contribution in [0.4, 0.5) is 10.1 Å². The van der Waals surface area contributed by atoms with Crippen molar-refractivity contribution in [2.24, 2.45) is 0 Å². The van der Waals surface area contributed by atoms with Crippen molar-refractivity contribution in [3.8, 4) is 6.07 Å². The van der Waals surface area contributed by atoms with Crippen LogP contribution in [-0.2, 0) is 6.54 Å². The highest BCUT2D eigenvalue weighted by Crippen LogP contribution is 2.31. The quantitative estimate of drug-likeness (QED) is 0.739. The summed E-state index contributed by atoms with van der Waals surface area (Å²) in [4.78, 5) is 15.3. The molecule has 5 nitrogen and oxygen atoms in total. The number of halogens is 2. The van der Waals surface area contributed by atoms with E-state index >= 15 is 0 Å². The van der Waals surface area contributed by atoms with Crippen LogP contribution in [0.2, 0.25) is 5.02 Å². The molecule has 0 radical (unpaired) electrons. The van der Waals surface area contributed by atoms with E-state index in [-0.39, 0.29) is 23.5 Å². The van der Waals surface area contributed by atoms with Crippen LogP contribution in [0.25, 0.3) is 10.9 Å². The average molecular weight is 397 g/mol. The molecule has 0 saturated carbocycles. The Morgan fingerprint density at radius 2 is 1.86 bits per heavy atom. The molecule has 28 heavy (non-hydrogen) atoms. The van der Waals surface area contributed by atoms with Gasteiger partial charge >= 0.3 is 0 Å². The lowest BCUT2D eigenvalue weighted by Gasteiger charge is -2.31. The van der Waals surface area contributed by atoms with Gasteiger partial charge in [0, 0.05) is 36.6 Å². The van der Waals surface area contributed by atoms with Crippen LogP contribution in [0.3, 0.4) is 0 Å². The van der Waals surface area contributed by atoms with E-state index in [0.29, 0.717) is 29.3 Å². The third-order valence-electron chi connectivity index (χ3n) is 5.00. The van der Waals surface area contributed by atoms with Gasteiger partial charge in [-0.2, -0.15) is 5.26 Å². The Hall–Kier alpha value is -2.88. The van der Waals surface area contributed by atoms with E-state index in [4.69, 9.17) is 11.6 Å². The summed E-state index contributed by atoms with van der Waals surface area (Å²) < 4.78 is 14.8. The summed E-state index contributed by atoms with van der Waals surface area (Å²) in [6.45, 7) is 3.22. The summed E-state index contributed by atoms with van der Waals surface area (Å²) in [5.74, 6) is -0.334. The largest absolute Gasteiger partial charge is 0.367 e. The fraction of sp³-hybridized carbons (Fsp3) is 0.238. The predicted molar refractivity (Wildman–Crippen MR) is 109 cm³/mol. The third-order valence-corrected chi connectivity index (χ3v) is 5.23. The van der Waals surface area contributed by atoms with E-state index < -0.39 is 0 Å². The molecule has 3 aromatic rings. The molecule has 142 valence electrons. The number of pyridine rings is 1. The number of benzene rings is 2. The molecule has 1 aromatic heterocycles. The molecule has 2 aromatic carbocycles. The molecule has 1 N–H and O–H groups in total. The van der Waals surface area contributed by atoms with Crippen LogP contribution in [0.1, 0.15) is 11.1 Å². The van der Waals surface area contributed by atoms with Gasteiger partial charge < -0.3 is 14.8 Å². The SMILES string of the molecule is N#Cc1c(N2CCNCC2)c2cc(Cl)ccc2n(Cc2ccc(F)cc2)c1=O. The van der Waals surface area contributed by atoms with Crippen LogP contribution in [0.15, 0.2) is 47.3 Å². The molecule has 4 rings (SSSR count). The number of rotatable bonds is 3. The van der Waals surface area contributed by atoms with Gasteiger partial charge in [-0.05, 0) is 35.9 Å². The summed E-state index contributed by atoms with van der Waals surface area (Å²) in [6, 6.07) is 13.4. The Morgan fingerprint density at radius 3 is 2.54 bits per heavy atom. The van der Waals surface area contributed by atoms with Crippen LogP contribution in [0.5, 0.6) is 0 Å². The Balaban J connectivity index is 1.96. The molecule has 0 aliphatic carbocycles. The number of nitrogens with one attached hydrogen (secondary N) is 1. The van der Waals surface area contributed by atoms with Crippen LogP contribution in [-0.4, -0.2) is 30.7 Å². The standard InChI is InChI=1S/C21H18ClFN4O/c22-15-3-6-19-17(11-15)20(26-9-7-25-8-10-26)18(12-24)21(28)27(19)13-14-1-4-16(23)5-2-14/h1-6,11,25H,7-10,13H2. The molecular weight excluding hydrogens is 379 g/mol. The molecule has 0 spiro atoms. The first-order chi connectivity index (χ1) is 13.6. The highest BCUT2D eigenvalue weighted by atomic mass is 35.5. The first-order valence-electron chi connectivity index (χ1n) is 9.05. The lowest BCUT2D eigenvalue weighted by Crippen LogP contribution is -2.44. The first kappa shape index (κ1) is 18.5. The number of hydrogen-bond donors (Lipinski definition) is 1. The van der Waals surface area contributed by atoms with Gasteiger partial charge in [0.1, 0.15) is 17.4 Å². The van der Waals surface area contributed by atoms with Crippen molar-refractivity contribution in [2.45, 2.75) is 6.54 Å². The van der Waals surface area contributed by atoms with Crippen LogP contribution >= 0.6 is 11.6 Å². The lowest BCUT2D eigenvalue weighted by molar-refractivity contribution is 0.589. The van der Waals surface area contributed by atoms with Crippen molar-refractivity contribution in [1.82, 2.24) is 9.88 Å². The van der Waals surface area contributed by atoms with Gasteiger partial charge in [0.05, 0.1) is 17.7 Å². The maximum atomic E-state index is 13.2. The molecule has 0 amide bonds. The van der Waals surface area contributed by atoms with Crippen molar-refractivity contribution < 1.29 is 4.39 Å². The predicted octanol–water partition coefficient (Wildman–Crippen LogP) is 3.12. The number of hydrogen-bond acceptors (Lipinski definition) is 4. The highest BCUT2D eigenvalue weighted by molar-refractivity contribution is 6.31. The monoisotopic (exact) mass is 396 g/mol. The normalized spacial score (nSPS) is 14.2. The van der Waals surface area contributed by atoms with Gasteiger partial charge in [0.25, 0.3) is 5.56 Å². The number of anilines is 1. The van der Waals surface area contributed by atoms with Gasteiger partial charge in [-0.1, -0.05) is 23.7 Å². The fourth-order valence-electron chi connectivity index (χ4n) is 3.66. The van der Waals surface area contributed by atoms with Crippen molar-refractivity contribution >= 4 is 28.2 Å². The van der Waals surface area contributed by atoms with Crippen molar-refractivity contribution in [1.29, 1.82) is 5.26 Å². The molecule has 2 heterocycles. The topological polar surface area (TPSA) is 61.1 Å². The van der Waals surface area contributed by atoms with Crippen molar-refractivity contribution in [2.75, 3.05) is 31.1 Å². The van der Waals surface area contributed by atoms with Gasteiger partial charge in [-0.15, -0.1) is 0 Å². The Morgan fingerprint density at radius 1 is 1.14 bits per heavy atom. The Labute approximate surface area is 166 Å². The summed E-state index contributed by atoms with van der Waals surface area (Å²) in [7, 11) is 0. The van der Waals surface area contributed by atoms with Gasteiger partial charge in [0.15, 0.2) is 0 Å². The maximum Gasteiger partial charge on any atom is 0.271 e. The van der Waals surface area contributed by atoms with Crippen LogP contribution < -0.4 is 15.8 Å². The smallest absolute Gasteiger partial charge is 0.271 e. The average Bonchev–Trinajstić information content (AvgIpc) is 2.71. The van der Waals surface area contributed by atoms with Crippen LogP contribution in [0, 0.1) is 17.1 Å². The zero-order valence-corrected chi connectivity index (χ0v) is 15.8. The summed E-state index contributed by atoms with van der Waals surface area (Å²) in [5, 5.41) is 14.4. The van der Waals surface area contributed by atoms with E-state index in [0.717, 1.165) is 24.0 Å². The minimum atomic E-state index is -0.352. The van der Waals surface area contributed by atoms with Gasteiger partial charge in [-0.25, -0.2) is 4.39 Å². The summed E-state index contributed by atoms with van der Waals surface area (Å²) >= 11 is 6.25. The second kappa shape index (κ2) is 7.63. The van der Waals surface area contributed by atoms with E-state index in [2.05, 4.69) is 16.3 Å². The molecule has 1 saturated heterocycles. The summed E-state index contributed by atoms with van der Waals surface area (Å²) in [5.41, 5.74) is 1.88. The number of aromatic nitrogens is 1. The zero-order valence-electron chi connectivity index (χ0n) is 15.1. The minimum Gasteiger partial charge on any atom is -0.367 e. The number of piperazine rings is 1. The third kappa shape index (κ3) is 3.35. The Bertz CT molecular complexity index is 1130. The molecule has 0 bridgehead atoms. The van der Waals surface area contributed by atoms with E-state index in [1.165, 1.54) is 12.1 Å². The van der Waals surface area contributed by atoms with E-state index in [9.17, 15) is 14.4 Å². The summed E-state index contributed by atoms with van der Waals surface area (Å²) in [6.07, 6.45) is 0. The van der Waals surface area contributed by atoms with Crippen molar-refractivity contribution in [3.05, 3.63) is 74.8 Å². The Kier molecular flexibility index (Phi) is 5.03. The minimum absolute atomic E-state index is 0.110. The molecule has 1 aliphatic heterocycles. The van der Waals surface area contributed by atoms with E-state index in [1.54, 1.807) is 34.9 Å². The molecule has 0 unspecified atom stereocenters. The van der Waals surface area contributed by atoms with Crippen molar-refractivity contribution in [3.63, 3.8) is 0 Å². The van der Waals surface area contributed by atoms with Gasteiger partial charge in [-0.3, -0.25) is 4.79 Å². The number of nitrogens with zero attached hydrogens (tertiary/aromatic N) is 3. The second-order valence-electron chi connectivity index (χ2n) is 6.75. The maximum absolute atomic E-state index is 13.2. The number of fused-ring (bicyclic) bond motifs is 1. The second-order valence-corrected chi connectivity index (χ2v) is 7.19. The molecule has 1 aliphatic rings. The molecule has 1 fully saturated rings. The fourth-order valence-corrected chi connectivity index (χ4v) is 3.83. The molecule has 0 atom stereocenters. The van der Waals surface area contributed by atoms with E-state index in [1.807, 2.05) is 0 Å². The molecule has 7 heteroatoms. The van der Waals surface area contributed by atoms with Gasteiger partial charge in [0.2, 0.25) is 0 Å². The molecular formula is C21H18ClFN4O. The first-order valence-corrected chi connectivity index (χ1v) is 9.42. The highest BCUT2D eigenvalue weighted by Gasteiger charge is 2.23.